The van der Waals surface area contributed by atoms with E-state index in [0.717, 1.165) is 66.9 Å². The second-order valence-corrected chi connectivity index (χ2v) is 17.0. The number of halogens is 2. The van der Waals surface area contributed by atoms with Crippen molar-refractivity contribution in [2.24, 2.45) is 5.92 Å². The van der Waals surface area contributed by atoms with Crippen LogP contribution in [0.2, 0.25) is 5.02 Å². The van der Waals surface area contributed by atoms with E-state index in [1.165, 1.54) is 6.07 Å². The molecular formula is C42H43ClFN9O3S. The van der Waals surface area contributed by atoms with Crippen LogP contribution in [-0.2, 0) is 11.3 Å². The zero-order valence-electron chi connectivity index (χ0n) is 32.0. The highest BCUT2D eigenvalue weighted by Gasteiger charge is 2.35. The lowest BCUT2D eigenvalue weighted by Crippen LogP contribution is -2.51. The van der Waals surface area contributed by atoms with E-state index in [1.54, 1.807) is 6.07 Å². The van der Waals surface area contributed by atoms with Crippen LogP contribution < -0.4 is 25.4 Å². The van der Waals surface area contributed by atoms with Crippen LogP contribution in [0.15, 0.2) is 48.7 Å². The molecule has 0 saturated carbocycles. The van der Waals surface area contributed by atoms with Crippen LogP contribution in [0.1, 0.15) is 63.6 Å². The summed E-state index contributed by atoms with van der Waals surface area (Å²) in [6.45, 7) is 9.33. The Kier molecular flexibility index (Phi) is 10.1. The third-order valence-electron chi connectivity index (χ3n) is 11.5. The van der Waals surface area contributed by atoms with Crippen molar-refractivity contribution in [3.05, 3.63) is 70.6 Å². The van der Waals surface area contributed by atoms with Crippen molar-refractivity contribution in [1.82, 2.24) is 30.3 Å². The second kappa shape index (κ2) is 15.4. The first-order valence-corrected chi connectivity index (χ1v) is 20.7. The lowest BCUT2D eigenvalue weighted by molar-refractivity contribution is 0.0219. The molecule has 0 amide bonds. The average molecular weight is 808 g/mol. The fourth-order valence-electron chi connectivity index (χ4n) is 8.12. The first-order valence-electron chi connectivity index (χ1n) is 19.5. The minimum absolute atomic E-state index is 0.114. The number of nitrogens with zero attached hydrogens (tertiary/aromatic N) is 7. The van der Waals surface area contributed by atoms with E-state index in [1.807, 2.05) is 41.2 Å². The summed E-state index contributed by atoms with van der Waals surface area (Å²) in [5.74, 6) is 1.02. The Bertz CT molecular complexity index is 2500. The monoisotopic (exact) mass is 807 g/mol. The van der Waals surface area contributed by atoms with Crippen LogP contribution in [0, 0.1) is 23.1 Å². The van der Waals surface area contributed by atoms with Crippen LogP contribution in [0.25, 0.3) is 43.4 Å². The molecule has 0 aliphatic carbocycles. The van der Waals surface area contributed by atoms with Gasteiger partial charge < -0.3 is 30.2 Å². The third kappa shape index (κ3) is 7.11. The Morgan fingerprint density at radius 1 is 1.07 bits per heavy atom. The fourth-order valence-corrected chi connectivity index (χ4v) is 9.36. The second-order valence-electron chi connectivity index (χ2n) is 15.6. The number of nitrogen functional groups attached to an aromatic ring is 1. The van der Waals surface area contributed by atoms with Crippen LogP contribution in [0.5, 0.6) is 11.8 Å². The van der Waals surface area contributed by atoms with Gasteiger partial charge in [0.2, 0.25) is 0 Å². The Morgan fingerprint density at radius 3 is 2.54 bits per heavy atom. The molecule has 3 fully saturated rings. The molecule has 3 aliphatic heterocycles. The van der Waals surface area contributed by atoms with Gasteiger partial charge in [-0.2, -0.15) is 15.2 Å². The quantitative estimate of drug-likeness (QED) is 0.138. The number of fused-ring (bicyclic) bond motifs is 4. The number of piperazine rings is 1. The molecule has 15 heteroatoms. The molecular weight excluding hydrogens is 765 g/mol. The summed E-state index contributed by atoms with van der Waals surface area (Å²) < 4.78 is 36.5. The number of hydrogen-bond donors (Lipinski definition) is 2. The van der Waals surface area contributed by atoms with Gasteiger partial charge in [-0.1, -0.05) is 61.0 Å². The highest BCUT2D eigenvalue weighted by molar-refractivity contribution is 7.23. The van der Waals surface area contributed by atoms with Gasteiger partial charge in [0.15, 0.2) is 5.75 Å². The number of nitrogens with one attached hydrogen (secondary N) is 1. The maximum absolute atomic E-state index is 15.4. The van der Waals surface area contributed by atoms with Crippen molar-refractivity contribution in [2.45, 2.75) is 77.3 Å². The molecule has 57 heavy (non-hydrogen) atoms. The molecule has 0 radical (unpaired) electrons. The van der Waals surface area contributed by atoms with Crippen molar-refractivity contribution in [2.75, 3.05) is 36.9 Å². The summed E-state index contributed by atoms with van der Waals surface area (Å²) in [4.78, 5) is 12.4. The van der Waals surface area contributed by atoms with Crippen molar-refractivity contribution >= 4 is 54.7 Å². The van der Waals surface area contributed by atoms with Crippen molar-refractivity contribution in [1.29, 1.82) is 5.26 Å². The first-order chi connectivity index (χ1) is 27.6. The molecule has 9 rings (SSSR count). The van der Waals surface area contributed by atoms with Gasteiger partial charge in [-0.25, -0.2) is 9.07 Å². The Morgan fingerprint density at radius 2 is 1.82 bits per heavy atom. The molecule has 3 N–H and O–H groups in total. The predicted octanol–water partition coefficient (Wildman–Crippen LogP) is 8.31. The van der Waals surface area contributed by atoms with Gasteiger partial charge in [0, 0.05) is 59.9 Å². The largest absolute Gasteiger partial charge is 0.486 e. The van der Waals surface area contributed by atoms with Crippen LogP contribution in [-0.4, -0.2) is 69.5 Å². The molecule has 3 atom stereocenters. The van der Waals surface area contributed by atoms with Crippen molar-refractivity contribution < 1.29 is 18.6 Å². The minimum atomic E-state index is -0.477. The molecule has 2 bridgehead atoms. The molecule has 12 nitrogen and oxygen atoms in total. The van der Waals surface area contributed by atoms with E-state index in [-0.39, 0.29) is 40.0 Å². The number of thiophene rings is 1. The molecule has 294 valence electrons. The molecule has 3 saturated heterocycles. The third-order valence-corrected chi connectivity index (χ3v) is 12.9. The summed E-state index contributed by atoms with van der Waals surface area (Å²) in [5, 5.41) is 24.4. The molecule has 3 unspecified atom stereocenters. The maximum atomic E-state index is 15.4. The summed E-state index contributed by atoms with van der Waals surface area (Å²) in [6, 6.07) is 16.2. The highest BCUT2D eigenvalue weighted by Crippen LogP contribution is 2.49. The normalized spacial score (nSPS) is 19.1. The van der Waals surface area contributed by atoms with Gasteiger partial charge in [-0.05, 0) is 48.9 Å². The number of aromatic nitrogens is 5. The Balaban J connectivity index is 1.18. The van der Waals surface area contributed by atoms with E-state index >= 15 is 4.39 Å². The van der Waals surface area contributed by atoms with Crippen LogP contribution in [0.4, 0.5) is 15.2 Å². The Hall–Kier alpha value is -5.07. The van der Waals surface area contributed by atoms with Crippen LogP contribution >= 0.6 is 22.9 Å². The van der Waals surface area contributed by atoms with Gasteiger partial charge in [0.05, 0.1) is 40.7 Å². The number of anilines is 2. The topological polar surface area (TPSA) is 149 Å². The summed E-state index contributed by atoms with van der Waals surface area (Å²) in [6.07, 6.45) is 5.48. The molecule has 3 aromatic heterocycles. The maximum Gasteiger partial charge on any atom is 0.319 e. The first kappa shape index (κ1) is 37.5. The van der Waals surface area contributed by atoms with Crippen molar-refractivity contribution in [3.63, 3.8) is 0 Å². The van der Waals surface area contributed by atoms with Crippen molar-refractivity contribution in [3.8, 4) is 40.2 Å². The van der Waals surface area contributed by atoms with Gasteiger partial charge in [-0.15, -0.1) is 16.4 Å². The van der Waals surface area contributed by atoms with E-state index in [2.05, 4.69) is 47.4 Å². The Labute approximate surface area is 338 Å². The highest BCUT2D eigenvalue weighted by atomic mass is 35.5. The smallest absolute Gasteiger partial charge is 0.319 e. The number of rotatable bonds is 10. The van der Waals surface area contributed by atoms with Gasteiger partial charge in [0.1, 0.15) is 46.6 Å². The summed E-state index contributed by atoms with van der Waals surface area (Å²) in [7, 11) is 0. The zero-order valence-corrected chi connectivity index (χ0v) is 33.5. The fraction of sp³-hybridized carbons (Fsp3) is 0.405. The summed E-state index contributed by atoms with van der Waals surface area (Å²) >= 11 is 8.38. The lowest BCUT2D eigenvalue weighted by atomic mass is 9.96. The number of benzene rings is 3. The van der Waals surface area contributed by atoms with E-state index in [9.17, 15) is 5.26 Å². The standard InChI is InChI=1S/C42H43ClFN9O3S/c1-22(2)23(3)53-20-34(50-51-53)25-6-4-24(5-7-25)21-55-38-36(29-10-11-33(44)39-35(29)31(17-45)40(46)57-39)32(43)16-30-37(38)48-42(56-28-12-14-54-15-13-28)49-41(30)52-18-26-8-9-27(19-52)47-26/h4-7,10-11,16,20,22-23,26-28,47H,8-9,12-15,18-19,21,46H2,1-3H3. The molecule has 3 aliphatic rings. The average Bonchev–Trinajstić information content (AvgIpc) is 3.94. The van der Waals surface area contributed by atoms with E-state index in [0.29, 0.717) is 75.2 Å². The van der Waals surface area contributed by atoms with E-state index < -0.39 is 5.82 Å². The van der Waals surface area contributed by atoms with E-state index in [4.69, 9.17) is 41.5 Å². The number of hydrogen-bond acceptors (Lipinski definition) is 12. The number of nitrogens with two attached hydrogens (primary N) is 1. The predicted molar refractivity (Wildman–Crippen MR) is 220 cm³/mol. The zero-order chi connectivity index (χ0) is 39.4. The number of ether oxygens (including phenoxy) is 3. The lowest BCUT2D eigenvalue weighted by Gasteiger charge is -2.34. The number of nitriles is 1. The summed E-state index contributed by atoms with van der Waals surface area (Å²) in [5.41, 5.74) is 10.6. The molecule has 3 aromatic carbocycles. The van der Waals surface area contributed by atoms with Gasteiger partial charge in [0.25, 0.3) is 0 Å². The molecule has 0 spiro atoms. The van der Waals surface area contributed by atoms with Gasteiger partial charge in [-0.3, -0.25) is 0 Å². The minimum Gasteiger partial charge on any atom is -0.486 e. The molecule has 6 aromatic rings. The van der Waals surface area contributed by atoms with Crippen LogP contribution in [0.3, 0.4) is 0 Å². The van der Waals surface area contributed by atoms with Gasteiger partial charge >= 0.3 is 6.01 Å². The molecule has 6 heterocycles. The SMILES string of the molecule is CC(C)C(C)n1cc(-c2ccc(COc3c(-c4ccc(F)c5sc(N)c(C#N)c45)c(Cl)cc4c(N5CC6CCC(C5)N6)nc(OC5CCOCC5)nc34)cc2)nn1.